The van der Waals surface area contributed by atoms with E-state index >= 15 is 0 Å². The number of carbonyl (C=O) groups is 2. The van der Waals surface area contributed by atoms with Gasteiger partial charge >= 0.3 is 0 Å². The van der Waals surface area contributed by atoms with Crippen LogP contribution in [0.2, 0.25) is 0 Å². The number of anilines is 2. The van der Waals surface area contributed by atoms with Gasteiger partial charge in [-0.25, -0.2) is 4.98 Å². The van der Waals surface area contributed by atoms with Gasteiger partial charge in [-0.05, 0) is 31.2 Å². The summed E-state index contributed by atoms with van der Waals surface area (Å²) in [6, 6.07) is 6.54. The van der Waals surface area contributed by atoms with Gasteiger partial charge in [0.15, 0.2) is 5.13 Å². The van der Waals surface area contributed by atoms with E-state index in [2.05, 4.69) is 15.6 Å². The van der Waals surface area contributed by atoms with Gasteiger partial charge in [-0.1, -0.05) is 0 Å². The monoisotopic (exact) mass is 309 g/mol. The lowest BCUT2D eigenvalue weighted by atomic mass is 10.2. The van der Waals surface area contributed by atoms with Crippen LogP contribution < -0.4 is 10.6 Å². The maximum absolute atomic E-state index is 12.0. The van der Waals surface area contributed by atoms with Crippen molar-refractivity contribution >= 4 is 45.6 Å². The second-order valence-electron chi connectivity index (χ2n) is 4.01. The Kier molecular flexibility index (Phi) is 4.70. The lowest BCUT2D eigenvalue weighted by Crippen LogP contribution is -2.14. The Hall–Kier alpha value is -1.92. The molecule has 0 atom stereocenters. The maximum atomic E-state index is 12.0. The van der Waals surface area contributed by atoms with Crippen molar-refractivity contribution in [2.75, 3.05) is 16.5 Å². The number of hydrogen-bond donors (Lipinski definition) is 2. The third-order valence-corrected chi connectivity index (χ3v) is 3.51. The van der Waals surface area contributed by atoms with Gasteiger partial charge in [0, 0.05) is 16.6 Å². The number of halogens is 1. The summed E-state index contributed by atoms with van der Waals surface area (Å²) in [7, 11) is 0. The predicted octanol–water partition coefficient (Wildman–Crippen LogP) is 2.88. The normalized spacial score (nSPS) is 10.1. The lowest BCUT2D eigenvalue weighted by molar-refractivity contribution is -0.113. The number of nitrogens with zero attached hydrogens (tertiary/aromatic N) is 1. The highest BCUT2D eigenvalue weighted by atomic mass is 35.5. The van der Waals surface area contributed by atoms with E-state index in [4.69, 9.17) is 11.6 Å². The summed E-state index contributed by atoms with van der Waals surface area (Å²) in [4.78, 5) is 27.2. The maximum Gasteiger partial charge on any atom is 0.257 e. The van der Waals surface area contributed by atoms with E-state index in [-0.39, 0.29) is 17.7 Å². The van der Waals surface area contributed by atoms with Crippen molar-refractivity contribution in [1.82, 2.24) is 4.98 Å². The molecular formula is C13H12ClN3O2S. The van der Waals surface area contributed by atoms with Crippen LogP contribution in [0.25, 0.3) is 0 Å². The zero-order valence-corrected chi connectivity index (χ0v) is 12.2. The van der Waals surface area contributed by atoms with Crippen LogP contribution in [0.5, 0.6) is 0 Å². The quantitative estimate of drug-likeness (QED) is 0.853. The number of aromatic nitrogens is 1. The minimum Gasteiger partial charge on any atom is -0.325 e. The molecule has 5 nitrogen and oxygen atoms in total. The van der Waals surface area contributed by atoms with E-state index < -0.39 is 0 Å². The van der Waals surface area contributed by atoms with Crippen LogP contribution in [-0.4, -0.2) is 22.7 Å². The summed E-state index contributed by atoms with van der Waals surface area (Å²) in [6.45, 7) is 1.86. The summed E-state index contributed by atoms with van der Waals surface area (Å²) < 4.78 is 0. The topological polar surface area (TPSA) is 71.1 Å². The molecule has 0 bridgehead atoms. The van der Waals surface area contributed by atoms with Crippen molar-refractivity contribution in [2.24, 2.45) is 0 Å². The van der Waals surface area contributed by atoms with Gasteiger partial charge < -0.3 is 5.32 Å². The largest absolute Gasteiger partial charge is 0.325 e. The highest BCUT2D eigenvalue weighted by molar-refractivity contribution is 7.13. The zero-order valence-electron chi connectivity index (χ0n) is 10.6. The minimum absolute atomic E-state index is 0.106. The highest BCUT2D eigenvalue weighted by Crippen LogP contribution is 2.16. The molecule has 20 heavy (non-hydrogen) atoms. The van der Waals surface area contributed by atoms with Crippen LogP contribution in [-0.2, 0) is 4.79 Å². The van der Waals surface area contributed by atoms with Crippen LogP contribution in [0, 0.1) is 6.92 Å². The SMILES string of the molecule is Cc1csc(NC(=O)c2ccc(NC(=O)CCl)cc2)n1. The fraction of sp³-hybridized carbons (Fsp3) is 0.154. The molecule has 0 radical (unpaired) electrons. The molecule has 7 heteroatoms. The van der Waals surface area contributed by atoms with E-state index in [0.29, 0.717) is 16.4 Å². The molecule has 0 aliphatic heterocycles. The Labute approximate surface area is 125 Å². The smallest absolute Gasteiger partial charge is 0.257 e. The Morgan fingerprint density at radius 1 is 1.25 bits per heavy atom. The van der Waals surface area contributed by atoms with Crippen molar-refractivity contribution in [3.05, 3.63) is 40.9 Å². The average Bonchev–Trinajstić information content (AvgIpc) is 2.84. The fourth-order valence-corrected chi connectivity index (χ4v) is 2.23. The standard InChI is InChI=1S/C13H12ClN3O2S/c1-8-7-20-13(15-8)17-12(19)9-2-4-10(5-3-9)16-11(18)6-14/h2-5,7H,6H2,1H3,(H,16,18)(H,15,17,19). The summed E-state index contributed by atoms with van der Waals surface area (Å²) in [6.07, 6.45) is 0. The van der Waals surface area contributed by atoms with E-state index in [1.54, 1.807) is 24.3 Å². The molecule has 0 unspecified atom stereocenters. The minimum atomic E-state index is -0.290. The van der Waals surface area contributed by atoms with Crippen molar-refractivity contribution in [2.45, 2.75) is 6.92 Å². The van der Waals surface area contributed by atoms with E-state index in [1.165, 1.54) is 11.3 Å². The molecule has 1 aromatic heterocycles. The molecule has 1 aromatic carbocycles. The van der Waals surface area contributed by atoms with Gasteiger partial charge in [-0.2, -0.15) is 0 Å². The van der Waals surface area contributed by atoms with Gasteiger partial charge in [0.1, 0.15) is 5.88 Å². The number of rotatable bonds is 4. The Bertz CT molecular complexity index is 625. The molecule has 0 spiro atoms. The average molecular weight is 310 g/mol. The van der Waals surface area contributed by atoms with Crippen molar-refractivity contribution in [1.29, 1.82) is 0 Å². The van der Waals surface area contributed by atoms with Crippen molar-refractivity contribution in [3.63, 3.8) is 0 Å². The Morgan fingerprint density at radius 2 is 1.95 bits per heavy atom. The van der Waals surface area contributed by atoms with Gasteiger partial charge in [-0.15, -0.1) is 22.9 Å². The fourth-order valence-electron chi connectivity index (χ4n) is 1.48. The van der Waals surface area contributed by atoms with Gasteiger partial charge in [0.2, 0.25) is 5.91 Å². The first-order valence-electron chi connectivity index (χ1n) is 5.78. The number of carbonyl (C=O) groups excluding carboxylic acids is 2. The number of aryl methyl sites for hydroxylation is 1. The van der Waals surface area contributed by atoms with Gasteiger partial charge in [0.05, 0.1) is 5.69 Å². The summed E-state index contributed by atoms with van der Waals surface area (Å²) in [5, 5.41) is 7.73. The number of hydrogen-bond acceptors (Lipinski definition) is 4. The van der Waals surface area contributed by atoms with Gasteiger partial charge in [0.25, 0.3) is 5.91 Å². The van der Waals surface area contributed by atoms with E-state index in [1.807, 2.05) is 12.3 Å². The Morgan fingerprint density at radius 3 is 2.50 bits per heavy atom. The van der Waals surface area contributed by atoms with Crippen LogP contribution in [0.3, 0.4) is 0 Å². The number of amides is 2. The summed E-state index contributed by atoms with van der Waals surface area (Å²) in [5.41, 5.74) is 1.95. The number of alkyl halides is 1. The van der Waals surface area contributed by atoms with Crippen LogP contribution in [0.1, 0.15) is 16.1 Å². The molecule has 2 N–H and O–H groups in total. The molecule has 1 heterocycles. The number of nitrogens with one attached hydrogen (secondary N) is 2. The third kappa shape index (κ3) is 3.79. The summed E-state index contributed by atoms with van der Waals surface area (Å²) >= 11 is 6.77. The molecule has 0 aliphatic rings. The number of thiazole rings is 1. The first kappa shape index (κ1) is 14.5. The molecule has 0 fully saturated rings. The lowest BCUT2D eigenvalue weighted by Gasteiger charge is -2.05. The first-order chi connectivity index (χ1) is 9.58. The third-order valence-electron chi connectivity index (χ3n) is 2.39. The van der Waals surface area contributed by atoms with E-state index in [0.717, 1.165) is 5.69 Å². The van der Waals surface area contributed by atoms with Crippen molar-refractivity contribution < 1.29 is 9.59 Å². The molecule has 2 amide bonds. The van der Waals surface area contributed by atoms with Gasteiger partial charge in [-0.3, -0.25) is 14.9 Å². The highest BCUT2D eigenvalue weighted by Gasteiger charge is 2.08. The Balaban J connectivity index is 2.02. The molecule has 2 aromatic rings. The molecular weight excluding hydrogens is 298 g/mol. The second kappa shape index (κ2) is 6.49. The molecule has 0 aliphatic carbocycles. The van der Waals surface area contributed by atoms with Crippen LogP contribution in [0.4, 0.5) is 10.8 Å². The van der Waals surface area contributed by atoms with Crippen molar-refractivity contribution in [3.8, 4) is 0 Å². The summed E-state index contributed by atoms with van der Waals surface area (Å²) in [5.74, 6) is -0.636. The van der Waals surface area contributed by atoms with Crippen LogP contribution >= 0.6 is 22.9 Å². The number of benzene rings is 1. The molecule has 104 valence electrons. The second-order valence-corrected chi connectivity index (χ2v) is 5.13. The van der Waals surface area contributed by atoms with E-state index in [9.17, 15) is 9.59 Å². The molecule has 0 saturated heterocycles. The van der Waals surface area contributed by atoms with Crippen LogP contribution in [0.15, 0.2) is 29.6 Å². The predicted molar refractivity (Wildman–Crippen MR) is 80.6 cm³/mol. The molecule has 2 rings (SSSR count). The molecule has 0 saturated carbocycles. The first-order valence-corrected chi connectivity index (χ1v) is 7.19. The zero-order chi connectivity index (χ0) is 14.5.